The smallest absolute Gasteiger partial charge is 0.160 e. The molecule has 0 amide bonds. The van der Waals surface area contributed by atoms with Crippen LogP contribution in [-0.2, 0) is 6.42 Å². The Balaban J connectivity index is 2.17. The molecular formula is C10H9Cl2FS. The zero-order valence-electron chi connectivity index (χ0n) is 7.40. The van der Waals surface area contributed by atoms with E-state index in [1.165, 1.54) is 12.2 Å². The lowest BCUT2D eigenvalue weighted by Gasteiger charge is -2.24. The van der Waals surface area contributed by atoms with Crippen LogP contribution in [0.25, 0.3) is 0 Å². The summed E-state index contributed by atoms with van der Waals surface area (Å²) in [4.78, 5) is 0. The van der Waals surface area contributed by atoms with Crippen LogP contribution in [0.15, 0.2) is 12.1 Å². The van der Waals surface area contributed by atoms with Crippen molar-refractivity contribution in [2.24, 2.45) is 0 Å². The lowest BCUT2D eigenvalue weighted by molar-refractivity contribution is 0.627. The lowest BCUT2D eigenvalue weighted by Crippen LogP contribution is -2.18. The minimum absolute atomic E-state index is 0.122. The van der Waals surface area contributed by atoms with Gasteiger partial charge in [-0.25, -0.2) is 4.39 Å². The fraction of sp³-hybridized carbons (Fsp3) is 0.400. The van der Waals surface area contributed by atoms with E-state index >= 15 is 0 Å². The van der Waals surface area contributed by atoms with Gasteiger partial charge >= 0.3 is 0 Å². The zero-order chi connectivity index (χ0) is 10.1. The van der Waals surface area contributed by atoms with Gasteiger partial charge in [0.1, 0.15) is 0 Å². The van der Waals surface area contributed by atoms with Crippen molar-refractivity contribution in [3.8, 4) is 0 Å². The highest BCUT2D eigenvalue weighted by Gasteiger charge is 2.19. The standard InChI is InChI=1S/C10H9Cl2FS/c11-8-4-6(3-7-1-2-14-7)5-9(12)10(8)13/h4-5,7H,1-3H2. The van der Waals surface area contributed by atoms with E-state index in [-0.39, 0.29) is 10.0 Å². The van der Waals surface area contributed by atoms with Crippen LogP contribution in [0.5, 0.6) is 0 Å². The average molecular weight is 251 g/mol. The normalized spacial score (nSPS) is 20.6. The average Bonchev–Trinajstić information content (AvgIpc) is 2.07. The van der Waals surface area contributed by atoms with Gasteiger partial charge in [-0.15, -0.1) is 0 Å². The molecule has 0 N–H and O–H groups in total. The Morgan fingerprint density at radius 2 is 1.93 bits per heavy atom. The molecule has 1 aromatic carbocycles. The molecule has 1 aliphatic rings. The van der Waals surface area contributed by atoms with Crippen molar-refractivity contribution in [3.05, 3.63) is 33.6 Å². The first-order chi connectivity index (χ1) is 6.66. The molecule has 0 nitrogen and oxygen atoms in total. The van der Waals surface area contributed by atoms with Crippen molar-refractivity contribution in [3.63, 3.8) is 0 Å². The highest BCUT2D eigenvalue weighted by atomic mass is 35.5. The van der Waals surface area contributed by atoms with E-state index in [9.17, 15) is 4.39 Å². The van der Waals surface area contributed by atoms with Gasteiger partial charge in [-0.3, -0.25) is 0 Å². The molecule has 1 atom stereocenters. The summed E-state index contributed by atoms with van der Waals surface area (Å²) in [5.41, 5.74) is 1.03. The predicted octanol–water partition coefficient (Wildman–Crippen LogP) is 4.18. The van der Waals surface area contributed by atoms with Crippen molar-refractivity contribution in [1.82, 2.24) is 0 Å². The molecule has 1 aromatic rings. The van der Waals surface area contributed by atoms with Crippen LogP contribution in [0, 0.1) is 5.82 Å². The minimum atomic E-state index is -0.515. The summed E-state index contributed by atoms with van der Waals surface area (Å²) in [6.07, 6.45) is 2.17. The second-order valence-electron chi connectivity index (χ2n) is 3.36. The first kappa shape index (κ1) is 10.6. The van der Waals surface area contributed by atoms with E-state index < -0.39 is 5.82 Å². The van der Waals surface area contributed by atoms with Crippen LogP contribution in [0.2, 0.25) is 10.0 Å². The molecule has 4 heteroatoms. The highest BCUT2D eigenvalue weighted by Crippen LogP contribution is 2.32. The van der Waals surface area contributed by atoms with Crippen LogP contribution in [-0.4, -0.2) is 11.0 Å². The molecule has 1 unspecified atom stereocenters. The zero-order valence-corrected chi connectivity index (χ0v) is 9.72. The largest absolute Gasteiger partial charge is 0.204 e. The maximum absolute atomic E-state index is 13.1. The summed E-state index contributed by atoms with van der Waals surface area (Å²) in [5, 5.41) is 0.904. The van der Waals surface area contributed by atoms with Gasteiger partial charge in [0.25, 0.3) is 0 Å². The molecule has 1 fully saturated rings. The molecule has 1 heterocycles. The molecule has 0 saturated carbocycles. The first-order valence-electron chi connectivity index (χ1n) is 4.42. The third-order valence-electron chi connectivity index (χ3n) is 2.30. The Kier molecular flexibility index (Phi) is 3.25. The molecule has 76 valence electrons. The second kappa shape index (κ2) is 4.30. The van der Waals surface area contributed by atoms with E-state index in [2.05, 4.69) is 0 Å². The monoisotopic (exact) mass is 250 g/mol. The molecule has 0 aliphatic carbocycles. The van der Waals surface area contributed by atoms with E-state index in [0.29, 0.717) is 5.25 Å². The van der Waals surface area contributed by atoms with Gasteiger partial charge in [-0.1, -0.05) is 23.2 Å². The number of halogens is 3. The number of rotatable bonds is 2. The van der Waals surface area contributed by atoms with Gasteiger partial charge in [0, 0.05) is 5.25 Å². The SMILES string of the molecule is Fc1c(Cl)cc(CC2CCS2)cc1Cl. The Morgan fingerprint density at radius 1 is 1.36 bits per heavy atom. The molecule has 0 aromatic heterocycles. The van der Waals surface area contributed by atoms with Crippen molar-refractivity contribution in [1.29, 1.82) is 0 Å². The Morgan fingerprint density at radius 3 is 2.36 bits per heavy atom. The van der Waals surface area contributed by atoms with Crippen molar-refractivity contribution in [2.45, 2.75) is 18.1 Å². The minimum Gasteiger partial charge on any atom is -0.204 e. The number of benzene rings is 1. The van der Waals surface area contributed by atoms with Crippen LogP contribution < -0.4 is 0 Å². The van der Waals surface area contributed by atoms with Crippen LogP contribution >= 0.6 is 35.0 Å². The van der Waals surface area contributed by atoms with E-state index in [1.807, 2.05) is 11.8 Å². The summed E-state index contributed by atoms with van der Waals surface area (Å²) in [5.74, 6) is 0.714. The molecule has 0 radical (unpaired) electrons. The van der Waals surface area contributed by atoms with Gasteiger partial charge in [0.05, 0.1) is 10.0 Å². The molecule has 14 heavy (non-hydrogen) atoms. The molecule has 0 spiro atoms. The third kappa shape index (κ3) is 2.18. The quantitative estimate of drug-likeness (QED) is 0.710. The molecule has 1 aliphatic heterocycles. The van der Waals surface area contributed by atoms with Gasteiger partial charge in [0.15, 0.2) is 5.82 Å². The van der Waals surface area contributed by atoms with Crippen LogP contribution in [0.1, 0.15) is 12.0 Å². The Hall–Kier alpha value is 0.0800. The number of hydrogen-bond acceptors (Lipinski definition) is 1. The molecular weight excluding hydrogens is 242 g/mol. The van der Waals surface area contributed by atoms with Crippen molar-refractivity contribution < 1.29 is 4.39 Å². The van der Waals surface area contributed by atoms with Gasteiger partial charge < -0.3 is 0 Å². The first-order valence-corrected chi connectivity index (χ1v) is 6.22. The Bertz CT molecular complexity index is 327. The fourth-order valence-corrected chi connectivity index (χ4v) is 2.85. The molecule has 0 bridgehead atoms. The van der Waals surface area contributed by atoms with Gasteiger partial charge in [-0.05, 0) is 36.3 Å². The van der Waals surface area contributed by atoms with Crippen LogP contribution in [0.4, 0.5) is 4.39 Å². The van der Waals surface area contributed by atoms with E-state index in [1.54, 1.807) is 12.1 Å². The second-order valence-corrected chi connectivity index (χ2v) is 5.58. The summed E-state index contributed by atoms with van der Waals surface area (Å²) in [7, 11) is 0. The lowest BCUT2D eigenvalue weighted by atomic mass is 10.1. The Labute approximate surface area is 96.8 Å². The molecule has 2 rings (SSSR count). The maximum Gasteiger partial charge on any atom is 0.160 e. The summed E-state index contributed by atoms with van der Waals surface area (Å²) < 4.78 is 13.1. The van der Waals surface area contributed by atoms with Crippen LogP contribution in [0.3, 0.4) is 0 Å². The maximum atomic E-state index is 13.1. The van der Waals surface area contributed by atoms with Gasteiger partial charge in [0.2, 0.25) is 0 Å². The topological polar surface area (TPSA) is 0 Å². The third-order valence-corrected chi connectivity index (χ3v) is 4.20. The summed E-state index contributed by atoms with van der Waals surface area (Å²) in [6, 6.07) is 3.34. The fourth-order valence-electron chi connectivity index (χ4n) is 1.43. The molecule has 1 saturated heterocycles. The highest BCUT2D eigenvalue weighted by molar-refractivity contribution is 8.01. The van der Waals surface area contributed by atoms with Crippen molar-refractivity contribution in [2.75, 3.05) is 5.75 Å². The summed E-state index contributed by atoms with van der Waals surface area (Å²) in [6.45, 7) is 0. The predicted molar refractivity (Wildman–Crippen MR) is 61.0 cm³/mol. The van der Waals surface area contributed by atoms with E-state index in [4.69, 9.17) is 23.2 Å². The summed E-state index contributed by atoms with van der Waals surface area (Å²) >= 11 is 13.3. The van der Waals surface area contributed by atoms with Gasteiger partial charge in [-0.2, -0.15) is 11.8 Å². The number of thioether (sulfide) groups is 1. The van der Waals surface area contributed by atoms with E-state index in [0.717, 1.165) is 12.0 Å². The number of hydrogen-bond donors (Lipinski definition) is 0. The van der Waals surface area contributed by atoms with Crippen molar-refractivity contribution >= 4 is 35.0 Å².